The first-order chi connectivity index (χ1) is 8.81. The lowest BCUT2D eigenvalue weighted by Gasteiger charge is -2.27. The van der Waals surface area contributed by atoms with Crippen molar-refractivity contribution in [3.63, 3.8) is 0 Å². The van der Waals surface area contributed by atoms with Gasteiger partial charge in [0.1, 0.15) is 5.54 Å². The van der Waals surface area contributed by atoms with E-state index in [2.05, 4.69) is 36.3 Å². The van der Waals surface area contributed by atoms with E-state index in [4.69, 9.17) is 0 Å². The van der Waals surface area contributed by atoms with Crippen molar-refractivity contribution in [2.45, 2.75) is 38.6 Å². The van der Waals surface area contributed by atoms with E-state index in [1.165, 1.54) is 0 Å². The minimum absolute atomic E-state index is 0.661. The second-order valence-electron chi connectivity index (χ2n) is 5.77. The lowest BCUT2D eigenvalue weighted by molar-refractivity contribution is -0.144. The third kappa shape index (κ3) is 8.18. The lowest BCUT2D eigenvalue weighted by atomic mass is 9.95. The number of hydrogen-bond acceptors (Lipinski definition) is 4. The highest BCUT2D eigenvalue weighted by molar-refractivity contribution is 5.78. The Bertz CT molecular complexity index is 259. The Hall–Kier alpha value is -0.650. The summed E-state index contributed by atoms with van der Waals surface area (Å²) in [6, 6.07) is 0. The fourth-order valence-electron chi connectivity index (χ4n) is 1.86. The molecule has 0 rings (SSSR count). The molecule has 0 aliphatic rings. The van der Waals surface area contributed by atoms with Crippen molar-refractivity contribution in [3.05, 3.63) is 0 Å². The van der Waals surface area contributed by atoms with Gasteiger partial charge in [0.2, 0.25) is 0 Å². The number of carbonyl (C=O) groups is 1. The molecule has 0 saturated heterocycles. The van der Waals surface area contributed by atoms with Gasteiger partial charge in [-0.05, 0) is 60.4 Å². The van der Waals surface area contributed by atoms with Gasteiger partial charge in [0, 0.05) is 13.1 Å². The summed E-state index contributed by atoms with van der Waals surface area (Å²) in [4.78, 5) is 15.7. The fraction of sp³-hybridized carbons (Fsp3) is 0.929. The summed E-state index contributed by atoms with van der Waals surface area (Å²) in [6.07, 6.45) is 2.50. The van der Waals surface area contributed by atoms with Gasteiger partial charge in [-0.15, -0.1) is 0 Å². The molecule has 0 aliphatic heterocycles. The molecule has 0 saturated carbocycles. The maximum atomic E-state index is 11.3. The number of carboxylic acid groups (broad SMARTS) is 1. The third-order valence-electron chi connectivity index (χ3n) is 3.38. The molecule has 0 aliphatic carbocycles. The average molecular weight is 273 g/mol. The van der Waals surface area contributed by atoms with Crippen LogP contribution in [-0.2, 0) is 4.79 Å². The van der Waals surface area contributed by atoms with E-state index < -0.39 is 11.5 Å². The van der Waals surface area contributed by atoms with E-state index >= 15 is 0 Å². The van der Waals surface area contributed by atoms with Crippen LogP contribution >= 0.6 is 0 Å². The van der Waals surface area contributed by atoms with Crippen molar-refractivity contribution in [1.82, 2.24) is 15.1 Å². The molecule has 0 spiro atoms. The van der Waals surface area contributed by atoms with Gasteiger partial charge in [-0.2, -0.15) is 0 Å². The molecule has 0 bridgehead atoms. The highest BCUT2D eigenvalue weighted by Crippen LogP contribution is 2.13. The molecule has 0 aromatic rings. The predicted octanol–water partition coefficient (Wildman–Crippen LogP) is 1.10. The van der Waals surface area contributed by atoms with Crippen molar-refractivity contribution >= 4 is 5.97 Å². The lowest BCUT2D eigenvalue weighted by Crippen LogP contribution is -2.50. The Balaban J connectivity index is 4.02. The van der Waals surface area contributed by atoms with Crippen molar-refractivity contribution in [3.8, 4) is 0 Å². The predicted molar refractivity (Wildman–Crippen MR) is 79.6 cm³/mol. The number of nitrogens with one attached hydrogen (secondary N) is 1. The van der Waals surface area contributed by atoms with Gasteiger partial charge in [0.25, 0.3) is 0 Å². The topological polar surface area (TPSA) is 55.8 Å². The Morgan fingerprint density at radius 3 is 2.32 bits per heavy atom. The zero-order valence-electron chi connectivity index (χ0n) is 13.2. The zero-order chi connectivity index (χ0) is 14.9. The summed E-state index contributed by atoms with van der Waals surface area (Å²) in [6.45, 7) is 7.55. The molecule has 0 aromatic heterocycles. The first-order valence-electron chi connectivity index (χ1n) is 7.13. The summed E-state index contributed by atoms with van der Waals surface area (Å²) < 4.78 is 0. The maximum absolute atomic E-state index is 11.3. The summed E-state index contributed by atoms with van der Waals surface area (Å²) in [7, 11) is 6.20. The van der Waals surface area contributed by atoms with Crippen LogP contribution in [0.15, 0.2) is 0 Å². The van der Waals surface area contributed by atoms with E-state index in [1.807, 2.05) is 6.92 Å². The van der Waals surface area contributed by atoms with E-state index in [-0.39, 0.29) is 0 Å². The highest BCUT2D eigenvalue weighted by atomic mass is 16.4. The Kier molecular flexibility index (Phi) is 8.97. The Morgan fingerprint density at radius 2 is 1.84 bits per heavy atom. The SMILES string of the molecule is CCCNC(C)(CCCN(C)CCN(C)C)C(=O)O. The fourth-order valence-corrected chi connectivity index (χ4v) is 1.86. The molecule has 0 radical (unpaired) electrons. The molecule has 1 unspecified atom stereocenters. The first kappa shape index (κ1) is 18.4. The molecule has 114 valence electrons. The molecule has 5 heteroatoms. The van der Waals surface area contributed by atoms with E-state index in [1.54, 1.807) is 6.92 Å². The molecule has 0 fully saturated rings. The molecular weight excluding hydrogens is 242 g/mol. The van der Waals surface area contributed by atoms with Crippen LogP contribution in [0.2, 0.25) is 0 Å². The largest absolute Gasteiger partial charge is 0.480 e. The normalized spacial score (nSPS) is 14.9. The van der Waals surface area contributed by atoms with Gasteiger partial charge in [-0.1, -0.05) is 6.92 Å². The molecule has 1 atom stereocenters. The number of carboxylic acids is 1. The van der Waals surface area contributed by atoms with Gasteiger partial charge in [-0.3, -0.25) is 4.79 Å². The van der Waals surface area contributed by atoms with Crippen LogP contribution in [0.5, 0.6) is 0 Å². The zero-order valence-corrected chi connectivity index (χ0v) is 13.2. The van der Waals surface area contributed by atoms with Gasteiger partial charge in [-0.25, -0.2) is 0 Å². The second-order valence-corrected chi connectivity index (χ2v) is 5.77. The van der Waals surface area contributed by atoms with Crippen LogP contribution in [-0.4, -0.2) is 73.7 Å². The Morgan fingerprint density at radius 1 is 1.21 bits per heavy atom. The van der Waals surface area contributed by atoms with Crippen LogP contribution in [0, 0.1) is 0 Å². The number of nitrogens with zero attached hydrogens (tertiary/aromatic N) is 2. The molecule has 5 nitrogen and oxygen atoms in total. The van der Waals surface area contributed by atoms with Crippen molar-refractivity contribution in [2.75, 3.05) is 47.3 Å². The molecule has 2 N–H and O–H groups in total. The standard InChI is InChI=1S/C14H31N3O2/c1-6-9-15-14(2,13(18)19)8-7-10-17(5)12-11-16(3)4/h15H,6-12H2,1-5H3,(H,18,19). The van der Waals surface area contributed by atoms with Crippen LogP contribution in [0.3, 0.4) is 0 Å². The molecule has 0 amide bonds. The minimum Gasteiger partial charge on any atom is -0.480 e. The van der Waals surface area contributed by atoms with E-state index in [0.717, 1.165) is 39.0 Å². The van der Waals surface area contributed by atoms with Crippen molar-refractivity contribution < 1.29 is 9.90 Å². The van der Waals surface area contributed by atoms with Gasteiger partial charge in [0.15, 0.2) is 0 Å². The number of aliphatic carboxylic acids is 1. The smallest absolute Gasteiger partial charge is 0.323 e. The highest BCUT2D eigenvalue weighted by Gasteiger charge is 2.31. The van der Waals surface area contributed by atoms with Crippen LogP contribution in [0.1, 0.15) is 33.1 Å². The quantitative estimate of drug-likeness (QED) is 0.590. The number of hydrogen-bond donors (Lipinski definition) is 2. The Labute approximate surface area is 118 Å². The first-order valence-corrected chi connectivity index (χ1v) is 7.13. The summed E-state index contributed by atoms with van der Waals surface area (Å²) in [5.41, 5.74) is -0.793. The van der Waals surface area contributed by atoms with Crippen LogP contribution in [0.25, 0.3) is 0 Å². The minimum atomic E-state index is -0.793. The second kappa shape index (κ2) is 9.28. The van der Waals surface area contributed by atoms with E-state index in [9.17, 15) is 9.90 Å². The van der Waals surface area contributed by atoms with Gasteiger partial charge in [0.05, 0.1) is 0 Å². The molecule has 19 heavy (non-hydrogen) atoms. The van der Waals surface area contributed by atoms with Crippen molar-refractivity contribution in [2.24, 2.45) is 0 Å². The van der Waals surface area contributed by atoms with Gasteiger partial charge < -0.3 is 20.2 Å². The molecular formula is C14H31N3O2. The van der Waals surface area contributed by atoms with E-state index in [0.29, 0.717) is 6.42 Å². The number of likely N-dealkylation sites (N-methyl/N-ethyl adjacent to an activating group) is 2. The van der Waals surface area contributed by atoms with Gasteiger partial charge >= 0.3 is 5.97 Å². The van der Waals surface area contributed by atoms with Crippen LogP contribution in [0.4, 0.5) is 0 Å². The third-order valence-corrected chi connectivity index (χ3v) is 3.38. The summed E-state index contributed by atoms with van der Waals surface area (Å²) in [5.74, 6) is -0.753. The monoisotopic (exact) mass is 273 g/mol. The average Bonchev–Trinajstić information content (AvgIpc) is 2.33. The summed E-state index contributed by atoms with van der Waals surface area (Å²) >= 11 is 0. The molecule has 0 aromatic carbocycles. The molecule has 0 heterocycles. The number of rotatable bonds is 11. The summed E-state index contributed by atoms with van der Waals surface area (Å²) in [5, 5.41) is 12.5. The van der Waals surface area contributed by atoms with Crippen LogP contribution < -0.4 is 5.32 Å². The van der Waals surface area contributed by atoms with Crippen molar-refractivity contribution in [1.29, 1.82) is 0 Å². The maximum Gasteiger partial charge on any atom is 0.323 e.